The Morgan fingerprint density at radius 3 is 2.96 bits per heavy atom. The minimum Gasteiger partial charge on any atom is -0.352 e. The first-order valence-corrected chi connectivity index (χ1v) is 9.76. The molecule has 0 spiro atoms. The monoisotopic (exact) mass is 381 g/mol. The average Bonchev–Trinajstić information content (AvgIpc) is 3.10. The second kappa shape index (κ2) is 7.34. The van der Waals surface area contributed by atoms with Crippen molar-refractivity contribution < 1.29 is 14.0 Å². The summed E-state index contributed by atoms with van der Waals surface area (Å²) in [5, 5.41) is 6.59. The fraction of sp³-hybridized carbons (Fsp3) is 0.409. The lowest BCUT2D eigenvalue weighted by Crippen LogP contribution is -2.38. The molecule has 1 fully saturated rings. The molecule has 2 unspecified atom stereocenters. The zero-order valence-corrected chi connectivity index (χ0v) is 15.9. The van der Waals surface area contributed by atoms with Crippen LogP contribution in [0.25, 0.3) is 16.5 Å². The number of benzene rings is 1. The standard InChI is InChI=1S/C22H24FN3O2/c1-22(23)9-7-14(8-10-22)18-4-2-3-15-11-16(12-24-20(15)18)21(28)25-13-17-5-6-19(27)26-17/h2-4,7,11-12,17H,5-6,8-10,13H2,1H3,(H,25,28)(H,26,27). The maximum absolute atomic E-state index is 14.1. The van der Waals surface area contributed by atoms with Crippen molar-refractivity contribution in [2.75, 3.05) is 6.54 Å². The molecule has 2 aliphatic rings. The van der Waals surface area contributed by atoms with E-state index in [0.29, 0.717) is 37.8 Å². The number of hydrogen-bond donors (Lipinski definition) is 2. The molecule has 146 valence electrons. The van der Waals surface area contributed by atoms with Crippen molar-refractivity contribution >= 4 is 28.3 Å². The van der Waals surface area contributed by atoms with Crippen molar-refractivity contribution in [2.45, 2.75) is 50.7 Å². The number of nitrogens with zero attached hydrogens (tertiary/aromatic N) is 1. The zero-order chi connectivity index (χ0) is 19.7. The second-order valence-corrected chi connectivity index (χ2v) is 7.96. The molecule has 0 radical (unpaired) electrons. The number of carbonyl (C=O) groups is 2. The Kier molecular flexibility index (Phi) is 4.87. The van der Waals surface area contributed by atoms with Gasteiger partial charge in [0.15, 0.2) is 0 Å². The van der Waals surface area contributed by atoms with Crippen molar-refractivity contribution in [1.82, 2.24) is 15.6 Å². The SMILES string of the molecule is CC1(F)CC=C(c2cccc3cc(C(=O)NCC4CCC(=O)N4)cnc23)CC1. The van der Waals surface area contributed by atoms with Crippen LogP contribution in [0.3, 0.4) is 0 Å². The van der Waals surface area contributed by atoms with Gasteiger partial charge in [-0.25, -0.2) is 4.39 Å². The van der Waals surface area contributed by atoms with Gasteiger partial charge in [-0.05, 0) is 44.2 Å². The van der Waals surface area contributed by atoms with Gasteiger partial charge in [-0.1, -0.05) is 24.3 Å². The first-order chi connectivity index (χ1) is 13.4. The van der Waals surface area contributed by atoms with Crippen LogP contribution >= 0.6 is 0 Å². The molecule has 5 nitrogen and oxygen atoms in total. The first kappa shape index (κ1) is 18.6. The van der Waals surface area contributed by atoms with Crippen molar-refractivity contribution in [3.05, 3.63) is 47.7 Å². The highest BCUT2D eigenvalue weighted by atomic mass is 19.1. The number of hydrogen-bond acceptors (Lipinski definition) is 3. The van der Waals surface area contributed by atoms with Gasteiger partial charge in [0.1, 0.15) is 5.67 Å². The van der Waals surface area contributed by atoms with Crippen LogP contribution in [0.15, 0.2) is 36.5 Å². The first-order valence-electron chi connectivity index (χ1n) is 9.76. The van der Waals surface area contributed by atoms with Crippen LogP contribution < -0.4 is 10.6 Å². The largest absolute Gasteiger partial charge is 0.352 e. The highest BCUT2D eigenvalue weighted by Gasteiger charge is 2.27. The van der Waals surface area contributed by atoms with Gasteiger partial charge in [0.25, 0.3) is 5.91 Å². The molecule has 0 bridgehead atoms. The molecule has 1 aliphatic heterocycles. The van der Waals surface area contributed by atoms with E-state index in [1.165, 1.54) is 0 Å². The van der Waals surface area contributed by atoms with E-state index in [9.17, 15) is 14.0 Å². The summed E-state index contributed by atoms with van der Waals surface area (Å²) in [6.45, 7) is 2.06. The summed E-state index contributed by atoms with van der Waals surface area (Å²) < 4.78 is 14.1. The van der Waals surface area contributed by atoms with E-state index < -0.39 is 5.67 Å². The third kappa shape index (κ3) is 3.91. The third-order valence-corrected chi connectivity index (χ3v) is 5.60. The van der Waals surface area contributed by atoms with Crippen LogP contribution in [0.4, 0.5) is 4.39 Å². The molecule has 6 heteroatoms. The fourth-order valence-corrected chi connectivity index (χ4v) is 3.87. The Bertz CT molecular complexity index is 967. The predicted octanol–water partition coefficient (Wildman–Crippen LogP) is 3.54. The van der Waals surface area contributed by atoms with E-state index in [1.54, 1.807) is 13.1 Å². The second-order valence-electron chi connectivity index (χ2n) is 7.96. The van der Waals surface area contributed by atoms with Crippen LogP contribution in [0.1, 0.15) is 54.9 Å². The van der Waals surface area contributed by atoms with Gasteiger partial charge in [0.05, 0.1) is 11.1 Å². The van der Waals surface area contributed by atoms with Crippen LogP contribution in [0.5, 0.6) is 0 Å². The van der Waals surface area contributed by atoms with Crippen molar-refractivity contribution in [3.63, 3.8) is 0 Å². The van der Waals surface area contributed by atoms with E-state index in [4.69, 9.17) is 0 Å². The molecule has 2 atom stereocenters. The number of rotatable bonds is 4. The fourth-order valence-electron chi connectivity index (χ4n) is 3.87. The van der Waals surface area contributed by atoms with E-state index >= 15 is 0 Å². The Morgan fingerprint density at radius 1 is 1.39 bits per heavy atom. The Hall–Kier alpha value is -2.76. The minimum absolute atomic E-state index is 0.00380. The van der Waals surface area contributed by atoms with Crippen molar-refractivity contribution in [2.24, 2.45) is 0 Å². The number of aromatic nitrogens is 1. The molecule has 0 saturated carbocycles. The molecule has 1 aromatic carbocycles. The van der Waals surface area contributed by atoms with Gasteiger partial charge in [-0.2, -0.15) is 0 Å². The maximum atomic E-state index is 14.1. The Morgan fingerprint density at radius 2 is 2.25 bits per heavy atom. The molecule has 2 heterocycles. The number of allylic oxidation sites excluding steroid dienone is 2. The van der Waals surface area contributed by atoms with E-state index in [0.717, 1.165) is 28.5 Å². The normalized spacial score (nSPS) is 24.7. The molecule has 1 saturated heterocycles. The van der Waals surface area contributed by atoms with E-state index in [2.05, 4.69) is 15.6 Å². The molecule has 4 rings (SSSR count). The Balaban J connectivity index is 1.52. The molecule has 1 aliphatic carbocycles. The van der Waals surface area contributed by atoms with Crippen LogP contribution in [-0.2, 0) is 4.79 Å². The number of alkyl halides is 1. The third-order valence-electron chi connectivity index (χ3n) is 5.60. The van der Waals surface area contributed by atoms with Crippen LogP contribution in [0, 0.1) is 0 Å². The Labute approximate surface area is 163 Å². The molecular formula is C22H24FN3O2. The minimum atomic E-state index is -1.13. The summed E-state index contributed by atoms with van der Waals surface area (Å²) in [4.78, 5) is 28.3. The molecule has 28 heavy (non-hydrogen) atoms. The van der Waals surface area contributed by atoms with Gasteiger partial charge >= 0.3 is 0 Å². The quantitative estimate of drug-likeness (QED) is 0.851. The average molecular weight is 381 g/mol. The number of fused-ring (bicyclic) bond motifs is 1. The van der Waals surface area contributed by atoms with Gasteiger partial charge in [0, 0.05) is 36.2 Å². The smallest absolute Gasteiger partial charge is 0.252 e. The van der Waals surface area contributed by atoms with Crippen molar-refractivity contribution in [1.29, 1.82) is 0 Å². The number of halogens is 1. The van der Waals surface area contributed by atoms with E-state index in [1.807, 2.05) is 30.3 Å². The van der Waals surface area contributed by atoms with Gasteiger partial charge < -0.3 is 10.6 Å². The van der Waals surface area contributed by atoms with Crippen LogP contribution in [-0.4, -0.2) is 35.1 Å². The van der Waals surface area contributed by atoms with Gasteiger partial charge in [0.2, 0.25) is 5.91 Å². The number of nitrogens with one attached hydrogen (secondary N) is 2. The highest BCUT2D eigenvalue weighted by Crippen LogP contribution is 2.36. The number of pyridine rings is 1. The topological polar surface area (TPSA) is 71.1 Å². The van der Waals surface area contributed by atoms with Crippen molar-refractivity contribution in [3.8, 4) is 0 Å². The molecule has 2 aromatic rings. The lowest BCUT2D eigenvalue weighted by molar-refractivity contribution is -0.119. The molecule has 2 N–H and O–H groups in total. The number of para-hydroxylation sites is 1. The molecule has 2 amide bonds. The summed E-state index contributed by atoms with van der Waals surface area (Å²) in [6, 6.07) is 7.71. The van der Waals surface area contributed by atoms with Gasteiger partial charge in [-0.15, -0.1) is 0 Å². The number of carbonyl (C=O) groups excluding carboxylic acids is 2. The summed E-state index contributed by atoms with van der Waals surface area (Å²) in [7, 11) is 0. The summed E-state index contributed by atoms with van der Waals surface area (Å²) in [6.07, 6.45) is 6.41. The summed E-state index contributed by atoms with van der Waals surface area (Å²) in [5.74, 6) is -0.171. The highest BCUT2D eigenvalue weighted by molar-refractivity contribution is 5.99. The summed E-state index contributed by atoms with van der Waals surface area (Å²) in [5.41, 5.74) is 2.31. The predicted molar refractivity (Wildman–Crippen MR) is 107 cm³/mol. The van der Waals surface area contributed by atoms with E-state index in [-0.39, 0.29) is 17.9 Å². The van der Waals surface area contributed by atoms with Crippen LogP contribution in [0.2, 0.25) is 0 Å². The van der Waals surface area contributed by atoms with Gasteiger partial charge in [-0.3, -0.25) is 14.6 Å². The molecular weight excluding hydrogens is 357 g/mol. The maximum Gasteiger partial charge on any atom is 0.252 e. The zero-order valence-electron chi connectivity index (χ0n) is 15.9. The lowest BCUT2D eigenvalue weighted by atomic mass is 9.85. The summed E-state index contributed by atoms with van der Waals surface area (Å²) >= 11 is 0. The molecule has 1 aromatic heterocycles. The lowest BCUT2D eigenvalue weighted by Gasteiger charge is -2.25. The number of amides is 2.